The molecule has 0 bridgehead atoms. The lowest BCUT2D eigenvalue weighted by molar-refractivity contribution is 0.0698. The molecule has 2 aromatic heterocycles. The number of carbonyl (C=O) groups is 1. The van der Waals surface area contributed by atoms with Crippen LogP contribution in [0.3, 0.4) is 0 Å². The first-order chi connectivity index (χ1) is 12.9. The van der Waals surface area contributed by atoms with Crippen LogP contribution in [0, 0.1) is 6.92 Å². The quantitative estimate of drug-likeness (QED) is 0.605. The number of thioether (sulfide) groups is 1. The van der Waals surface area contributed by atoms with E-state index in [9.17, 15) is 14.7 Å². The van der Waals surface area contributed by atoms with E-state index in [-0.39, 0.29) is 17.0 Å². The molecular formula is C20H20N2O4S. The number of fused-ring (bicyclic) bond motifs is 1. The standard InChI is InChI=1S/C20H20N2O4S/c1-4-27-17-10-16(23)14-9-11(2)21-18(19(14)26-17)12(3)22-15-8-6-5-7-13(15)20(24)25/h5-10,12,22H,4H2,1-3H3,(H,24,25). The van der Waals surface area contributed by atoms with Crippen LogP contribution in [0.1, 0.15) is 41.6 Å². The monoisotopic (exact) mass is 384 g/mol. The van der Waals surface area contributed by atoms with Crippen molar-refractivity contribution in [1.29, 1.82) is 0 Å². The van der Waals surface area contributed by atoms with E-state index in [0.29, 0.717) is 33.1 Å². The predicted molar refractivity (Wildman–Crippen MR) is 107 cm³/mol. The highest BCUT2D eigenvalue weighted by atomic mass is 32.2. The fourth-order valence-corrected chi connectivity index (χ4v) is 3.51. The van der Waals surface area contributed by atoms with Gasteiger partial charge in [-0.25, -0.2) is 4.79 Å². The lowest BCUT2D eigenvalue weighted by atomic mass is 10.1. The number of carboxylic acids is 1. The van der Waals surface area contributed by atoms with Gasteiger partial charge in [0.05, 0.1) is 17.0 Å². The minimum Gasteiger partial charge on any atom is -0.478 e. The number of carboxylic acid groups (broad SMARTS) is 1. The molecule has 1 aromatic carbocycles. The molecule has 1 atom stereocenters. The van der Waals surface area contributed by atoms with Crippen LogP contribution in [0.4, 0.5) is 5.69 Å². The van der Waals surface area contributed by atoms with Gasteiger partial charge in [0.25, 0.3) is 0 Å². The number of nitrogens with one attached hydrogen (secondary N) is 1. The van der Waals surface area contributed by atoms with Gasteiger partial charge in [-0.1, -0.05) is 30.8 Å². The zero-order chi connectivity index (χ0) is 19.6. The molecule has 2 N–H and O–H groups in total. The van der Waals surface area contributed by atoms with Gasteiger partial charge < -0.3 is 14.8 Å². The Labute approximate surface area is 160 Å². The molecular weight excluding hydrogens is 364 g/mol. The third-order valence-electron chi connectivity index (χ3n) is 4.07. The summed E-state index contributed by atoms with van der Waals surface area (Å²) < 4.78 is 5.95. The van der Waals surface area contributed by atoms with Gasteiger partial charge in [-0.05, 0) is 37.8 Å². The highest BCUT2D eigenvalue weighted by molar-refractivity contribution is 7.99. The first-order valence-corrected chi connectivity index (χ1v) is 9.56. The van der Waals surface area contributed by atoms with Gasteiger partial charge in [0, 0.05) is 17.4 Å². The number of anilines is 1. The van der Waals surface area contributed by atoms with Crippen LogP contribution in [-0.2, 0) is 0 Å². The molecule has 6 nitrogen and oxygen atoms in total. The summed E-state index contributed by atoms with van der Waals surface area (Å²) in [6.07, 6.45) is 0. The van der Waals surface area contributed by atoms with Crippen molar-refractivity contribution in [2.24, 2.45) is 0 Å². The van der Waals surface area contributed by atoms with Crippen LogP contribution in [0.5, 0.6) is 0 Å². The Morgan fingerprint density at radius 3 is 2.78 bits per heavy atom. The number of aryl methyl sites for hydroxylation is 1. The molecule has 0 aliphatic heterocycles. The minimum atomic E-state index is -1.01. The second kappa shape index (κ2) is 7.84. The van der Waals surface area contributed by atoms with Crippen LogP contribution in [0.15, 0.2) is 50.7 Å². The number of aromatic nitrogens is 1. The largest absolute Gasteiger partial charge is 0.478 e. The third-order valence-corrected chi connectivity index (χ3v) is 4.84. The predicted octanol–water partition coefficient (Wildman–Crippen LogP) is 4.48. The number of hydrogen-bond donors (Lipinski definition) is 2. The van der Waals surface area contributed by atoms with Crippen molar-refractivity contribution in [2.45, 2.75) is 31.9 Å². The first kappa shape index (κ1) is 19.0. The number of benzene rings is 1. The average molecular weight is 384 g/mol. The third kappa shape index (κ3) is 3.98. The maximum absolute atomic E-state index is 12.5. The van der Waals surface area contributed by atoms with Crippen LogP contribution in [0.2, 0.25) is 0 Å². The first-order valence-electron chi connectivity index (χ1n) is 8.57. The van der Waals surface area contributed by atoms with Crippen molar-refractivity contribution in [3.8, 4) is 0 Å². The number of hydrogen-bond acceptors (Lipinski definition) is 6. The maximum Gasteiger partial charge on any atom is 0.337 e. The van der Waals surface area contributed by atoms with Crippen LogP contribution in [0.25, 0.3) is 11.0 Å². The van der Waals surface area contributed by atoms with Crippen molar-refractivity contribution in [3.63, 3.8) is 0 Å². The summed E-state index contributed by atoms with van der Waals surface area (Å²) in [5, 5.41) is 13.6. The molecule has 3 rings (SSSR count). The number of aromatic carboxylic acids is 1. The molecule has 0 aliphatic rings. The Bertz CT molecular complexity index is 1060. The summed E-state index contributed by atoms with van der Waals surface area (Å²) >= 11 is 1.45. The summed E-state index contributed by atoms with van der Waals surface area (Å²) in [5.41, 5.74) is 2.23. The lowest BCUT2D eigenvalue weighted by Gasteiger charge is -2.18. The Kier molecular flexibility index (Phi) is 5.51. The van der Waals surface area contributed by atoms with Gasteiger partial charge in [0.2, 0.25) is 0 Å². The summed E-state index contributed by atoms with van der Waals surface area (Å²) in [6.45, 7) is 5.66. The Morgan fingerprint density at radius 1 is 1.33 bits per heavy atom. The van der Waals surface area contributed by atoms with Crippen molar-refractivity contribution >= 4 is 34.4 Å². The van der Waals surface area contributed by atoms with E-state index in [2.05, 4.69) is 10.3 Å². The molecule has 0 fully saturated rings. The van der Waals surface area contributed by atoms with Crippen LogP contribution in [-0.4, -0.2) is 21.8 Å². The van der Waals surface area contributed by atoms with Crippen molar-refractivity contribution in [2.75, 3.05) is 11.1 Å². The number of rotatable bonds is 6. The summed E-state index contributed by atoms with van der Waals surface area (Å²) in [4.78, 5) is 28.5. The second-order valence-electron chi connectivity index (χ2n) is 6.11. The van der Waals surface area contributed by atoms with Crippen molar-refractivity contribution in [1.82, 2.24) is 4.98 Å². The minimum absolute atomic E-state index is 0.114. The molecule has 0 aliphatic carbocycles. The second-order valence-corrected chi connectivity index (χ2v) is 7.37. The normalized spacial score (nSPS) is 12.1. The molecule has 1 unspecified atom stereocenters. The lowest BCUT2D eigenvalue weighted by Crippen LogP contribution is -2.14. The van der Waals surface area contributed by atoms with E-state index in [1.54, 1.807) is 24.3 Å². The molecule has 140 valence electrons. The summed E-state index contributed by atoms with van der Waals surface area (Å²) in [5.74, 6) is -0.233. The van der Waals surface area contributed by atoms with Gasteiger partial charge in [-0.2, -0.15) is 0 Å². The van der Waals surface area contributed by atoms with Gasteiger partial charge >= 0.3 is 5.97 Å². The van der Waals surface area contributed by atoms with E-state index < -0.39 is 5.97 Å². The Hall–Kier alpha value is -2.80. The highest BCUT2D eigenvalue weighted by Gasteiger charge is 2.19. The molecule has 0 radical (unpaired) electrons. The molecule has 0 amide bonds. The fraction of sp³-hybridized carbons (Fsp3) is 0.250. The van der Waals surface area contributed by atoms with E-state index in [1.807, 2.05) is 20.8 Å². The van der Waals surface area contributed by atoms with Crippen molar-refractivity contribution < 1.29 is 14.3 Å². The van der Waals surface area contributed by atoms with Gasteiger partial charge in [0.1, 0.15) is 5.69 Å². The Balaban J connectivity index is 2.10. The van der Waals surface area contributed by atoms with Crippen LogP contribution >= 0.6 is 11.8 Å². The molecule has 2 heterocycles. The van der Waals surface area contributed by atoms with Crippen LogP contribution < -0.4 is 10.7 Å². The number of pyridine rings is 1. The highest BCUT2D eigenvalue weighted by Crippen LogP contribution is 2.29. The zero-order valence-electron chi connectivity index (χ0n) is 15.3. The fourth-order valence-electron chi connectivity index (χ4n) is 2.89. The molecule has 0 spiro atoms. The average Bonchev–Trinajstić information content (AvgIpc) is 2.62. The van der Waals surface area contributed by atoms with E-state index in [4.69, 9.17) is 4.42 Å². The topological polar surface area (TPSA) is 92.4 Å². The molecule has 0 saturated carbocycles. The smallest absolute Gasteiger partial charge is 0.337 e. The zero-order valence-corrected chi connectivity index (χ0v) is 16.1. The van der Waals surface area contributed by atoms with Gasteiger partial charge in [0.15, 0.2) is 16.1 Å². The van der Waals surface area contributed by atoms with E-state index >= 15 is 0 Å². The molecule has 0 saturated heterocycles. The summed E-state index contributed by atoms with van der Waals surface area (Å²) in [7, 11) is 0. The maximum atomic E-state index is 12.5. The van der Waals surface area contributed by atoms with Gasteiger partial charge in [-0.15, -0.1) is 0 Å². The Morgan fingerprint density at radius 2 is 2.07 bits per heavy atom. The molecule has 7 heteroatoms. The SMILES string of the molecule is CCSc1cc(=O)c2cc(C)nc(C(C)Nc3ccccc3C(=O)O)c2o1. The molecule has 27 heavy (non-hydrogen) atoms. The van der Waals surface area contributed by atoms with Crippen molar-refractivity contribution in [3.05, 3.63) is 63.6 Å². The van der Waals surface area contributed by atoms with Gasteiger partial charge in [-0.3, -0.25) is 9.78 Å². The molecule has 3 aromatic rings. The van der Waals surface area contributed by atoms with E-state index in [0.717, 1.165) is 5.75 Å². The summed E-state index contributed by atoms with van der Waals surface area (Å²) in [6, 6.07) is 9.52. The number of nitrogens with zero attached hydrogens (tertiary/aromatic N) is 1. The van der Waals surface area contributed by atoms with E-state index in [1.165, 1.54) is 23.9 Å². The number of para-hydroxylation sites is 1.